The molecule has 1 aliphatic carbocycles. The third-order valence-corrected chi connectivity index (χ3v) is 5.05. The molecule has 1 N–H and O–H groups in total. The Balaban J connectivity index is 1.36. The first kappa shape index (κ1) is 14.3. The maximum absolute atomic E-state index is 12.8. The Morgan fingerprint density at radius 3 is 2.70 bits per heavy atom. The number of aromatic nitrogens is 2. The topological polar surface area (TPSA) is 52.2 Å². The largest absolute Gasteiger partial charge is 0.368 e. The van der Waals surface area contributed by atoms with Crippen LogP contribution in [0.25, 0.3) is 0 Å². The van der Waals surface area contributed by atoms with Gasteiger partial charge in [0.15, 0.2) is 0 Å². The summed E-state index contributed by atoms with van der Waals surface area (Å²) in [6, 6.07) is 10.4. The predicted octanol–water partition coefficient (Wildman–Crippen LogP) is 1.86. The minimum Gasteiger partial charge on any atom is -0.368 e. The van der Waals surface area contributed by atoms with Crippen molar-refractivity contribution < 1.29 is 4.79 Å². The number of carbonyl (C=O) groups excluding carboxylic acids is 1. The third kappa shape index (κ3) is 2.83. The quantitative estimate of drug-likeness (QED) is 0.921. The van der Waals surface area contributed by atoms with E-state index in [1.807, 2.05) is 11.0 Å². The number of anilines is 1. The van der Waals surface area contributed by atoms with Gasteiger partial charge in [0.2, 0.25) is 5.91 Å². The van der Waals surface area contributed by atoms with Crippen molar-refractivity contribution in [2.75, 3.05) is 31.1 Å². The Bertz CT molecular complexity index is 673. The summed E-state index contributed by atoms with van der Waals surface area (Å²) in [5, 5.41) is 0. The van der Waals surface area contributed by atoms with Crippen LogP contribution >= 0.6 is 0 Å². The van der Waals surface area contributed by atoms with Crippen LogP contribution in [0.2, 0.25) is 0 Å². The van der Waals surface area contributed by atoms with Crippen LogP contribution in [-0.2, 0) is 17.6 Å². The molecule has 120 valence electrons. The Morgan fingerprint density at radius 1 is 1.13 bits per heavy atom. The van der Waals surface area contributed by atoms with Crippen LogP contribution in [0, 0.1) is 5.92 Å². The van der Waals surface area contributed by atoms with E-state index >= 15 is 0 Å². The van der Waals surface area contributed by atoms with E-state index in [0.717, 1.165) is 56.8 Å². The maximum Gasteiger partial charge on any atom is 0.226 e. The van der Waals surface area contributed by atoms with Crippen molar-refractivity contribution >= 4 is 11.6 Å². The van der Waals surface area contributed by atoms with Crippen LogP contribution in [0.1, 0.15) is 17.8 Å². The first-order valence-corrected chi connectivity index (χ1v) is 8.41. The molecule has 1 atom stereocenters. The van der Waals surface area contributed by atoms with Gasteiger partial charge in [-0.05, 0) is 25.0 Å². The van der Waals surface area contributed by atoms with Gasteiger partial charge in [-0.15, -0.1) is 0 Å². The van der Waals surface area contributed by atoms with E-state index in [1.54, 1.807) is 6.33 Å². The molecule has 0 bridgehead atoms. The van der Waals surface area contributed by atoms with Crippen molar-refractivity contribution in [3.05, 3.63) is 48.0 Å². The number of hydrogen-bond acceptors (Lipinski definition) is 3. The highest BCUT2D eigenvalue weighted by Crippen LogP contribution is 2.25. The molecule has 1 aromatic carbocycles. The van der Waals surface area contributed by atoms with Gasteiger partial charge in [-0.1, -0.05) is 18.2 Å². The van der Waals surface area contributed by atoms with Crippen LogP contribution in [-0.4, -0.2) is 47.0 Å². The minimum absolute atomic E-state index is 0.117. The molecule has 0 radical (unpaired) electrons. The number of fused-ring (bicyclic) bond motifs is 1. The van der Waals surface area contributed by atoms with Gasteiger partial charge in [0.1, 0.15) is 0 Å². The van der Waals surface area contributed by atoms with Crippen molar-refractivity contribution in [1.29, 1.82) is 0 Å². The van der Waals surface area contributed by atoms with Crippen molar-refractivity contribution in [2.24, 2.45) is 5.92 Å². The van der Waals surface area contributed by atoms with E-state index in [0.29, 0.717) is 5.91 Å². The fourth-order valence-electron chi connectivity index (χ4n) is 3.69. The second kappa shape index (κ2) is 6.07. The number of carbonyl (C=O) groups is 1. The summed E-state index contributed by atoms with van der Waals surface area (Å²) >= 11 is 0. The van der Waals surface area contributed by atoms with Crippen molar-refractivity contribution in [3.63, 3.8) is 0 Å². The standard InChI is InChI=1S/C18H22N4O/c23-18(14-6-7-16-17(12-14)20-13-19-16)22-10-8-21(9-11-22)15-4-2-1-3-5-15/h1-5,13-14H,6-12H2,(H,19,20). The zero-order valence-corrected chi connectivity index (χ0v) is 13.2. The number of para-hydroxylation sites is 1. The first-order chi connectivity index (χ1) is 11.3. The zero-order chi connectivity index (χ0) is 15.6. The lowest BCUT2D eigenvalue weighted by molar-refractivity contribution is -0.136. The van der Waals surface area contributed by atoms with E-state index in [1.165, 1.54) is 5.69 Å². The number of hydrogen-bond donors (Lipinski definition) is 1. The highest BCUT2D eigenvalue weighted by molar-refractivity contribution is 5.79. The fourth-order valence-corrected chi connectivity index (χ4v) is 3.69. The number of nitrogens with zero attached hydrogens (tertiary/aromatic N) is 3. The summed E-state index contributed by atoms with van der Waals surface area (Å²) in [6.07, 6.45) is 4.40. The van der Waals surface area contributed by atoms with Crippen LogP contribution in [0.3, 0.4) is 0 Å². The molecule has 23 heavy (non-hydrogen) atoms. The number of piperazine rings is 1. The molecule has 1 aliphatic heterocycles. The van der Waals surface area contributed by atoms with Gasteiger partial charge in [0.25, 0.3) is 0 Å². The van der Waals surface area contributed by atoms with Crippen LogP contribution in [0.15, 0.2) is 36.7 Å². The number of nitrogens with one attached hydrogen (secondary N) is 1. The fraction of sp³-hybridized carbons (Fsp3) is 0.444. The molecule has 1 amide bonds. The lowest BCUT2D eigenvalue weighted by atomic mass is 9.88. The average molecular weight is 310 g/mol. The molecule has 5 heteroatoms. The molecule has 2 heterocycles. The van der Waals surface area contributed by atoms with Crippen LogP contribution in [0.5, 0.6) is 0 Å². The number of amides is 1. The van der Waals surface area contributed by atoms with Crippen molar-refractivity contribution in [2.45, 2.75) is 19.3 Å². The Kier molecular flexibility index (Phi) is 3.77. The van der Waals surface area contributed by atoms with E-state index in [4.69, 9.17) is 0 Å². The SMILES string of the molecule is O=C(C1CCc2nc[nH]c2C1)N1CCN(c2ccccc2)CC1. The normalized spacial score (nSPS) is 21.1. The molecule has 1 fully saturated rings. The van der Waals surface area contributed by atoms with Gasteiger partial charge in [0, 0.05) is 49.9 Å². The summed E-state index contributed by atoms with van der Waals surface area (Å²) in [5.74, 6) is 0.434. The smallest absolute Gasteiger partial charge is 0.226 e. The molecule has 1 aromatic heterocycles. The Morgan fingerprint density at radius 2 is 1.91 bits per heavy atom. The summed E-state index contributed by atoms with van der Waals surface area (Å²) in [6.45, 7) is 3.47. The number of aromatic amines is 1. The zero-order valence-electron chi connectivity index (χ0n) is 13.2. The molecule has 0 saturated carbocycles. The molecule has 5 nitrogen and oxygen atoms in total. The summed E-state index contributed by atoms with van der Waals surface area (Å²) < 4.78 is 0. The highest BCUT2D eigenvalue weighted by Gasteiger charge is 2.31. The Hall–Kier alpha value is -2.30. The number of benzene rings is 1. The van der Waals surface area contributed by atoms with E-state index in [-0.39, 0.29) is 5.92 Å². The molecular weight excluding hydrogens is 288 g/mol. The molecule has 4 rings (SSSR count). The third-order valence-electron chi connectivity index (χ3n) is 5.05. The maximum atomic E-state index is 12.8. The van der Waals surface area contributed by atoms with Gasteiger partial charge in [0.05, 0.1) is 12.0 Å². The van der Waals surface area contributed by atoms with Gasteiger partial charge >= 0.3 is 0 Å². The molecular formula is C18H22N4O. The number of imidazole rings is 1. The van der Waals surface area contributed by atoms with E-state index in [2.05, 4.69) is 39.1 Å². The van der Waals surface area contributed by atoms with Crippen molar-refractivity contribution in [3.8, 4) is 0 Å². The van der Waals surface area contributed by atoms with E-state index < -0.39 is 0 Å². The van der Waals surface area contributed by atoms with Gasteiger partial charge < -0.3 is 14.8 Å². The average Bonchev–Trinajstić information content (AvgIpc) is 3.10. The predicted molar refractivity (Wildman–Crippen MR) is 89.3 cm³/mol. The summed E-state index contributed by atoms with van der Waals surface area (Å²) in [4.78, 5) is 24.7. The molecule has 2 aromatic rings. The van der Waals surface area contributed by atoms with Gasteiger partial charge in [-0.2, -0.15) is 0 Å². The van der Waals surface area contributed by atoms with Gasteiger partial charge in [-0.25, -0.2) is 4.98 Å². The lowest BCUT2D eigenvalue weighted by Crippen LogP contribution is -2.51. The lowest BCUT2D eigenvalue weighted by Gasteiger charge is -2.38. The molecule has 1 unspecified atom stereocenters. The Labute approximate surface area is 136 Å². The second-order valence-electron chi connectivity index (χ2n) is 6.42. The highest BCUT2D eigenvalue weighted by atomic mass is 16.2. The van der Waals surface area contributed by atoms with Gasteiger partial charge in [-0.3, -0.25) is 4.79 Å². The number of aryl methyl sites for hydroxylation is 1. The molecule has 0 spiro atoms. The first-order valence-electron chi connectivity index (χ1n) is 8.41. The summed E-state index contributed by atoms with van der Waals surface area (Å²) in [5.41, 5.74) is 3.54. The van der Waals surface area contributed by atoms with Crippen LogP contribution < -0.4 is 4.90 Å². The second-order valence-corrected chi connectivity index (χ2v) is 6.42. The summed E-state index contributed by atoms with van der Waals surface area (Å²) in [7, 11) is 0. The van der Waals surface area contributed by atoms with E-state index in [9.17, 15) is 4.79 Å². The number of H-pyrrole nitrogens is 1. The monoisotopic (exact) mass is 310 g/mol. The number of rotatable bonds is 2. The molecule has 1 saturated heterocycles. The van der Waals surface area contributed by atoms with Crippen LogP contribution in [0.4, 0.5) is 5.69 Å². The van der Waals surface area contributed by atoms with Crippen molar-refractivity contribution in [1.82, 2.24) is 14.9 Å². The molecule has 2 aliphatic rings. The minimum atomic E-state index is 0.117.